The second-order valence-corrected chi connectivity index (χ2v) is 11.7. The summed E-state index contributed by atoms with van der Waals surface area (Å²) in [4.78, 5) is 26.6. The van der Waals surface area contributed by atoms with Gasteiger partial charge in [-0.15, -0.1) is 0 Å². The molecule has 196 valence electrons. The molecule has 2 heterocycles. The fraction of sp³-hybridized carbons (Fsp3) is 0.111. The SMILES string of the molecule is COC(=O)c1ccc(Br)c2cc[nH]c12.COC(=O)c1ccc(Br)c2ccn(S(=O)(=O)c3ccc(C)cc3)c12. The Morgan fingerprint density at radius 1 is 0.789 bits per heavy atom. The quantitative estimate of drug-likeness (QED) is 0.222. The maximum atomic E-state index is 13.0. The minimum Gasteiger partial charge on any atom is -0.465 e. The van der Waals surface area contributed by atoms with Crippen molar-refractivity contribution in [3.63, 3.8) is 0 Å². The molecule has 38 heavy (non-hydrogen) atoms. The Kier molecular flexibility index (Phi) is 8.10. The van der Waals surface area contributed by atoms with Crippen molar-refractivity contribution in [2.75, 3.05) is 14.2 Å². The van der Waals surface area contributed by atoms with Gasteiger partial charge in [0.1, 0.15) is 0 Å². The van der Waals surface area contributed by atoms with Crippen LogP contribution in [0.25, 0.3) is 21.8 Å². The van der Waals surface area contributed by atoms with Crippen molar-refractivity contribution < 1.29 is 27.5 Å². The first kappa shape index (κ1) is 27.6. The smallest absolute Gasteiger partial charge is 0.340 e. The predicted molar refractivity (Wildman–Crippen MR) is 152 cm³/mol. The Morgan fingerprint density at radius 3 is 2.00 bits per heavy atom. The number of benzene rings is 3. The number of aromatic nitrogens is 2. The Bertz CT molecular complexity index is 1770. The van der Waals surface area contributed by atoms with Crippen LogP contribution in [-0.4, -0.2) is 43.5 Å². The van der Waals surface area contributed by atoms with Gasteiger partial charge in [0.25, 0.3) is 10.0 Å². The van der Waals surface area contributed by atoms with Gasteiger partial charge in [0, 0.05) is 32.1 Å². The van der Waals surface area contributed by atoms with E-state index in [4.69, 9.17) is 4.74 Å². The van der Waals surface area contributed by atoms with Gasteiger partial charge in [0.2, 0.25) is 0 Å². The number of methoxy groups -OCH3 is 2. The van der Waals surface area contributed by atoms with E-state index in [1.165, 1.54) is 20.4 Å². The van der Waals surface area contributed by atoms with Crippen LogP contribution in [0, 0.1) is 6.92 Å². The Balaban J connectivity index is 0.000000204. The number of hydrogen-bond acceptors (Lipinski definition) is 6. The number of nitrogens with zero attached hydrogens (tertiary/aromatic N) is 1. The van der Waals surface area contributed by atoms with Crippen molar-refractivity contribution in [2.24, 2.45) is 0 Å². The topological polar surface area (TPSA) is 107 Å². The standard InChI is InChI=1S/C17H14BrNO4S.C10H8BrNO2/c1-11-3-5-12(6-4-11)24(21,22)19-10-9-13-15(18)8-7-14(16(13)19)17(20)23-2;1-14-10(13)7-2-3-8(11)6-4-5-12-9(6)7/h3-10H,1-2H3;2-5,12H,1H3. The average molecular weight is 662 g/mol. The molecule has 0 spiro atoms. The third kappa shape index (κ3) is 5.13. The Labute approximate surface area is 235 Å². The van der Waals surface area contributed by atoms with Gasteiger partial charge in [-0.3, -0.25) is 0 Å². The molecule has 0 unspecified atom stereocenters. The summed E-state index contributed by atoms with van der Waals surface area (Å²) in [7, 11) is -1.20. The van der Waals surface area contributed by atoms with E-state index in [9.17, 15) is 18.0 Å². The third-order valence-electron chi connectivity index (χ3n) is 5.82. The van der Waals surface area contributed by atoms with Crippen LogP contribution < -0.4 is 0 Å². The molecule has 0 bridgehead atoms. The van der Waals surface area contributed by atoms with Crippen LogP contribution in [0.4, 0.5) is 0 Å². The number of hydrogen-bond donors (Lipinski definition) is 1. The molecule has 11 heteroatoms. The highest BCUT2D eigenvalue weighted by atomic mass is 79.9. The molecule has 5 rings (SSSR count). The van der Waals surface area contributed by atoms with E-state index in [1.54, 1.807) is 54.7 Å². The number of ether oxygens (including phenoxy) is 2. The zero-order chi connectivity index (χ0) is 27.6. The second kappa shape index (κ2) is 11.1. The second-order valence-electron chi connectivity index (χ2n) is 8.13. The molecule has 0 fully saturated rings. The lowest BCUT2D eigenvalue weighted by molar-refractivity contribution is 0.0593. The molecule has 0 aliphatic heterocycles. The molecule has 1 N–H and O–H groups in total. The van der Waals surface area contributed by atoms with Crippen LogP contribution in [0.15, 0.2) is 86.9 Å². The Morgan fingerprint density at radius 2 is 1.37 bits per heavy atom. The van der Waals surface area contributed by atoms with Crippen LogP contribution in [-0.2, 0) is 19.5 Å². The molecule has 0 aliphatic rings. The van der Waals surface area contributed by atoms with Crippen LogP contribution in [0.1, 0.15) is 26.3 Å². The first-order chi connectivity index (χ1) is 18.1. The van der Waals surface area contributed by atoms with E-state index in [1.807, 2.05) is 19.1 Å². The van der Waals surface area contributed by atoms with E-state index < -0.39 is 16.0 Å². The highest BCUT2D eigenvalue weighted by Gasteiger charge is 2.24. The molecule has 0 saturated heterocycles. The fourth-order valence-corrected chi connectivity index (χ4v) is 6.18. The molecule has 8 nitrogen and oxygen atoms in total. The molecule has 0 radical (unpaired) electrons. The van der Waals surface area contributed by atoms with E-state index in [-0.39, 0.29) is 21.9 Å². The molecule has 0 aliphatic carbocycles. The van der Waals surface area contributed by atoms with E-state index in [2.05, 4.69) is 41.6 Å². The minimum atomic E-state index is -3.83. The van der Waals surface area contributed by atoms with Crippen molar-refractivity contribution in [3.05, 3.63) is 98.7 Å². The number of halogens is 2. The van der Waals surface area contributed by atoms with E-state index in [0.717, 1.165) is 24.9 Å². The summed E-state index contributed by atoms with van der Waals surface area (Å²) in [6.45, 7) is 1.88. The summed E-state index contributed by atoms with van der Waals surface area (Å²) in [6, 6.07) is 16.9. The Hall–Kier alpha value is -3.41. The van der Waals surface area contributed by atoms with E-state index >= 15 is 0 Å². The van der Waals surface area contributed by atoms with Gasteiger partial charge in [0.05, 0.1) is 41.3 Å². The first-order valence-corrected chi connectivity index (χ1v) is 14.2. The normalized spacial score (nSPS) is 11.2. The summed E-state index contributed by atoms with van der Waals surface area (Å²) in [5, 5.41) is 1.60. The van der Waals surface area contributed by atoms with Crippen LogP contribution in [0.3, 0.4) is 0 Å². The number of nitrogens with one attached hydrogen (secondary N) is 1. The van der Waals surface area contributed by atoms with Gasteiger partial charge >= 0.3 is 11.9 Å². The lowest BCUT2D eigenvalue weighted by Crippen LogP contribution is -2.14. The van der Waals surface area contributed by atoms with Crippen LogP contribution in [0.5, 0.6) is 0 Å². The number of esters is 2. The van der Waals surface area contributed by atoms with Crippen LogP contribution >= 0.6 is 31.9 Å². The summed E-state index contributed by atoms with van der Waals surface area (Å²) < 4.78 is 38.2. The molecule has 0 amide bonds. The highest BCUT2D eigenvalue weighted by molar-refractivity contribution is 9.11. The zero-order valence-electron chi connectivity index (χ0n) is 20.5. The maximum absolute atomic E-state index is 13.0. The zero-order valence-corrected chi connectivity index (χ0v) is 24.5. The molecule has 0 saturated carbocycles. The molecule has 5 aromatic rings. The first-order valence-electron chi connectivity index (χ1n) is 11.1. The molecular weight excluding hydrogens is 640 g/mol. The van der Waals surface area contributed by atoms with Gasteiger partial charge in [-0.2, -0.15) is 0 Å². The number of H-pyrrole nitrogens is 1. The van der Waals surface area contributed by atoms with Crippen molar-refractivity contribution >= 4 is 75.6 Å². The summed E-state index contributed by atoms with van der Waals surface area (Å²) >= 11 is 6.80. The largest absolute Gasteiger partial charge is 0.465 e. The maximum Gasteiger partial charge on any atom is 0.340 e. The van der Waals surface area contributed by atoms with Crippen molar-refractivity contribution in [1.29, 1.82) is 0 Å². The molecule has 2 aromatic heterocycles. The molecule has 3 aromatic carbocycles. The number of carbonyl (C=O) groups is 2. The molecular formula is C27H22Br2N2O6S. The minimum absolute atomic E-state index is 0.154. The van der Waals surface area contributed by atoms with E-state index in [0.29, 0.717) is 15.4 Å². The summed E-state index contributed by atoms with van der Waals surface area (Å²) in [5.41, 5.74) is 2.79. The van der Waals surface area contributed by atoms with Gasteiger partial charge in [-0.25, -0.2) is 22.0 Å². The average Bonchev–Trinajstić information content (AvgIpc) is 3.58. The lowest BCUT2D eigenvalue weighted by Gasteiger charge is -2.11. The summed E-state index contributed by atoms with van der Waals surface area (Å²) in [5.74, 6) is -0.920. The lowest BCUT2D eigenvalue weighted by atomic mass is 10.1. The fourth-order valence-electron chi connectivity index (χ4n) is 3.90. The predicted octanol–water partition coefficient (Wildman–Crippen LogP) is 6.45. The van der Waals surface area contributed by atoms with Crippen molar-refractivity contribution in [1.82, 2.24) is 8.96 Å². The molecule has 0 atom stereocenters. The van der Waals surface area contributed by atoms with Crippen molar-refractivity contribution in [3.8, 4) is 0 Å². The number of aromatic amines is 1. The van der Waals surface area contributed by atoms with Crippen LogP contribution in [0.2, 0.25) is 0 Å². The summed E-state index contributed by atoms with van der Waals surface area (Å²) in [6.07, 6.45) is 3.24. The van der Waals surface area contributed by atoms with Gasteiger partial charge < -0.3 is 14.5 Å². The third-order valence-corrected chi connectivity index (χ3v) is 8.89. The number of rotatable bonds is 4. The van der Waals surface area contributed by atoms with Gasteiger partial charge in [-0.05, 0) is 55.5 Å². The monoisotopic (exact) mass is 660 g/mol. The van der Waals surface area contributed by atoms with Gasteiger partial charge in [0.15, 0.2) is 0 Å². The number of carbonyl (C=O) groups excluding carboxylic acids is 2. The number of fused-ring (bicyclic) bond motifs is 2. The number of aryl methyl sites for hydroxylation is 1. The van der Waals surface area contributed by atoms with Crippen molar-refractivity contribution in [2.45, 2.75) is 11.8 Å². The van der Waals surface area contributed by atoms with Gasteiger partial charge in [-0.1, -0.05) is 49.6 Å². The highest BCUT2D eigenvalue weighted by Crippen LogP contribution is 2.31.